The maximum Gasteiger partial charge on any atom is 0.332 e. The van der Waals surface area contributed by atoms with Crippen LogP contribution in [0, 0.1) is 0 Å². The number of sulfone groups is 1. The lowest BCUT2D eigenvalue weighted by Crippen LogP contribution is -2.49. The number of esters is 1. The molecule has 1 atom stereocenters. The van der Waals surface area contributed by atoms with Crippen LogP contribution in [0.15, 0.2) is 0 Å². The molecule has 104 valence electrons. The lowest BCUT2D eigenvalue weighted by molar-refractivity contribution is -0.150. The molecule has 0 aromatic rings. The van der Waals surface area contributed by atoms with Crippen molar-refractivity contribution >= 4 is 21.7 Å². The fourth-order valence-electron chi connectivity index (χ4n) is 1.69. The Balaban J connectivity index is 2.64. The van der Waals surface area contributed by atoms with Crippen molar-refractivity contribution in [3.05, 3.63) is 0 Å². The zero-order valence-electron chi connectivity index (χ0n) is 10.3. The van der Waals surface area contributed by atoms with Crippen molar-refractivity contribution in [3.8, 4) is 0 Å². The van der Waals surface area contributed by atoms with Gasteiger partial charge in [-0.2, -0.15) is 0 Å². The molecule has 8 heteroatoms. The Hall–Kier alpha value is -1.15. The summed E-state index contributed by atoms with van der Waals surface area (Å²) in [6.07, 6.45) is 0.365. The SMILES string of the molecule is CCOC(=O)C(N)C(=O)N1CCCS(=O)(=O)CC1. The summed E-state index contributed by atoms with van der Waals surface area (Å²) in [5, 5.41) is 0. The van der Waals surface area contributed by atoms with Crippen molar-refractivity contribution in [2.24, 2.45) is 5.73 Å². The number of nitrogens with zero attached hydrogens (tertiary/aromatic N) is 1. The average Bonchev–Trinajstić information content (AvgIpc) is 2.48. The molecule has 0 spiro atoms. The predicted molar refractivity (Wildman–Crippen MR) is 64.5 cm³/mol. The molecule has 1 aliphatic heterocycles. The minimum atomic E-state index is -3.09. The van der Waals surface area contributed by atoms with Gasteiger partial charge in [-0.15, -0.1) is 0 Å². The van der Waals surface area contributed by atoms with Crippen LogP contribution in [0.1, 0.15) is 13.3 Å². The maximum absolute atomic E-state index is 11.9. The number of amides is 1. The highest BCUT2D eigenvalue weighted by Gasteiger charge is 2.30. The van der Waals surface area contributed by atoms with Crippen molar-refractivity contribution < 1.29 is 22.7 Å². The summed E-state index contributed by atoms with van der Waals surface area (Å²) in [5.74, 6) is -1.39. The molecule has 0 radical (unpaired) electrons. The Kier molecular flexibility index (Phi) is 5.09. The zero-order valence-corrected chi connectivity index (χ0v) is 11.1. The number of hydrogen-bond donors (Lipinski definition) is 1. The Bertz CT molecular complexity index is 420. The van der Waals surface area contributed by atoms with Crippen molar-refractivity contribution in [2.75, 3.05) is 31.2 Å². The Labute approximate surface area is 106 Å². The van der Waals surface area contributed by atoms with Gasteiger partial charge in [-0.3, -0.25) is 4.79 Å². The summed E-state index contributed by atoms with van der Waals surface area (Å²) in [4.78, 5) is 24.5. The summed E-state index contributed by atoms with van der Waals surface area (Å²) >= 11 is 0. The third kappa shape index (κ3) is 3.95. The maximum atomic E-state index is 11.9. The van der Waals surface area contributed by atoms with Crippen LogP contribution >= 0.6 is 0 Å². The summed E-state index contributed by atoms with van der Waals surface area (Å²) in [6.45, 7) is 2.14. The highest BCUT2D eigenvalue weighted by atomic mass is 32.2. The summed E-state index contributed by atoms with van der Waals surface area (Å²) in [5.41, 5.74) is 5.48. The van der Waals surface area contributed by atoms with Crippen LogP contribution in [-0.4, -0.2) is 62.4 Å². The van der Waals surface area contributed by atoms with Gasteiger partial charge in [-0.05, 0) is 13.3 Å². The van der Waals surface area contributed by atoms with Crippen LogP contribution in [0.25, 0.3) is 0 Å². The van der Waals surface area contributed by atoms with E-state index in [4.69, 9.17) is 5.73 Å². The lowest BCUT2D eigenvalue weighted by atomic mass is 10.2. The van der Waals surface area contributed by atoms with Crippen molar-refractivity contribution in [2.45, 2.75) is 19.4 Å². The van der Waals surface area contributed by atoms with Gasteiger partial charge in [-0.25, -0.2) is 13.2 Å². The normalized spacial score (nSPS) is 20.9. The van der Waals surface area contributed by atoms with Crippen LogP contribution in [0.2, 0.25) is 0 Å². The quantitative estimate of drug-likeness (QED) is 0.498. The van der Waals surface area contributed by atoms with Gasteiger partial charge < -0.3 is 15.4 Å². The summed E-state index contributed by atoms with van der Waals surface area (Å²) in [6, 6.07) is -1.37. The van der Waals surface area contributed by atoms with E-state index in [1.165, 1.54) is 4.90 Å². The van der Waals surface area contributed by atoms with Gasteiger partial charge >= 0.3 is 5.97 Å². The van der Waals surface area contributed by atoms with Gasteiger partial charge in [0.25, 0.3) is 5.91 Å². The molecule has 1 aliphatic rings. The van der Waals surface area contributed by atoms with Crippen molar-refractivity contribution in [3.63, 3.8) is 0 Å². The van der Waals surface area contributed by atoms with Gasteiger partial charge in [-0.1, -0.05) is 0 Å². The van der Waals surface area contributed by atoms with Gasteiger partial charge in [0.05, 0.1) is 18.1 Å². The Morgan fingerprint density at radius 2 is 2.00 bits per heavy atom. The van der Waals surface area contributed by atoms with Crippen LogP contribution < -0.4 is 5.73 Å². The Morgan fingerprint density at radius 1 is 1.33 bits per heavy atom. The first-order valence-corrected chi connectivity index (χ1v) is 7.61. The van der Waals surface area contributed by atoms with E-state index in [2.05, 4.69) is 4.74 Å². The molecular formula is C10H18N2O5S. The highest BCUT2D eigenvalue weighted by molar-refractivity contribution is 7.91. The van der Waals surface area contributed by atoms with E-state index in [1.54, 1.807) is 6.92 Å². The molecule has 1 heterocycles. The molecule has 0 bridgehead atoms. The number of carbonyl (C=O) groups excluding carboxylic acids is 2. The van der Waals surface area contributed by atoms with E-state index in [0.29, 0.717) is 13.0 Å². The van der Waals surface area contributed by atoms with Gasteiger partial charge in [0.2, 0.25) is 0 Å². The molecule has 1 amide bonds. The van der Waals surface area contributed by atoms with E-state index in [9.17, 15) is 18.0 Å². The van der Waals surface area contributed by atoms with E-state index in [0.717, 1.165) is 0 Å². The molecule has 0 aromatic heterocycles. The zero-order chi connectivity index (χ0) is 13.8. The third-order valence-corrected chi connectivity index (χ3v) is 4.39. The predicted octanol–water partition coefficient (Wildman–Crippen LogP) is -1.48. The number of rotatable bonds is 3. The van der Waals surface area contributed by atoms with E-state index in [-0.39, 0.29) is 24.7 Å². The molecule has 0 aromatic carbocycles. The number of nitrogens with two attached hydrogens (primary N) is 1. The molecule has 1 unspecified atom stereocenters. The molecular weight excluding hydrogens is 260 g/mol. The fourth-order valence-corrected chi connectivity index (χ4v) is 2.96. The van der Waals surface area contributed by atoms with Crippen LogP contribution in [-0.2, 0) is 24.2 Å². The fraction of sp³-hybridized carbons (Fsp3) is 0.800. The molecule has 2 N–H and O–H groups in total. The molecule has 1 fully saturated rings. The molecule has 18 heavy (non-hydrogen) atoms. The summed E-state index contributed by atoms with van der Waals surface area (Å²) in [7, 11) is -3.09. The first-order chi connectivity index (χ1) is 8.37. The highest BCUT2D eigenvalue weighted by Crippen LogP contribution is 2.06. The second-order valence-electron chi connectivity index (χ2n) is 4.06. The second-order valence-corrected chi connectivity index (χ2v) is 6.36. The van der Waals surface area contributed by atoms with Gasteiger partial charge in [0, 0.05) is 13.1 Å². The van der Waals surface area contributed by atoms with Crippen LogP contribution in [0.4, 0.5) is 0 Å². The largest absolute Gasteiger partial charge is 0.464 e. The van der Waals surface area contributed by atoms with Crippen LogP contribution in [0.5, 0.6) is 0 Å². The number of ether oxygens (including phenoxy) is 1. The second kappa shape index (κ2) is 6.14. The average molecular weight is 278 g/mol. The number of hydrogen-bond acceptors (Lipinski definition) is 6. The van der Waals surface area contributed by atoms with Crippen LogP contribution in [0.3, 0.4) is 0 Å². The standard InChI is InChI=1S/C10H18N2O5S/c1-2-17-10(14)8(11)9(13)12-4-3-6-18(15,16)7-5-12/h8H,2-7,11H2,1H3. The van der Waals surface area contributed by atoms with E-state index < -0.39 is 27.8 Å². The Morgan fingerprint density at radius 3 is 2.61 bits per heavy atom. The monoisotopic (exact) mass is 278 g/mol. The van der Waals surface area contributed by atoms with E-state index in [1.807, 2.05) is 0 Å². The number of carbonyl (C=O) groups is 2. The molecule has 1 rings (SSSR count). The molecule has 7 nitrogen and oxygen atoms in total. The van der Waals surface area contributed by atoms with Crippen molar-refractivity contribution in [1.82, 2.24) is 4.90 Å². The van der Waals surface area contributed by atoms with Gasteiger partial charge in [0.15, 0.2) is 15.9 Å². The third-order valence-electron chi connectivity index (χ3n) is 2.67. The smallest absolute Gasteiger partial charge is 0.332 e. The topological polar surface area (TPSA) is 107 Å². The molecule has 0 saturated carbocycles. The minimum Gasteiger partial charge on any atom is -0.464 e. The molecule has 0 aliphatic carbocycles. The van der Waals surface area contributed by atoms with Gasteiger partial charge in [0.1, 0.15) is 0 Å². The van der Waals surface area contributed by atoms with E-state index >= 15 is 0 Å². The van der Waals surface area contributed by atoms with Crippen molar-refractivity contribution in [1.29, 1.82) is 0 Å². The molecule has 1 saturated heterocycles. The lowest BCUT2D eigenvalue weighted by Gasteiger charge is -2.22. The minimum absolute atomic E-state index is 0.0609. The first-order valence-electron chi connectivity index (χ1n) is 5.79. The summed E-state index contributed by atoms with van der Waals surface area (Å²) < 4.78 is 27.4. The first kappa shape index (κ1) is 14.9.